The first-order chi connectivity index (χ1) is 16.8. The van der Waals surface area contributed by atoms with Crippen LogP contribution in [0.5, 0.6) is 23.0 Å². The van der Waals surface area contributed by atoms with Crippen LogP contribution in [-0.2, 0) is 0 Å². The number of fused-ring (bicyclic) bond motifs is 1. The molecular formula is C25H19F3N2O5. The van der Waals surface area contributed by atoms with Crippen molar-refractivity contribution < 1.29 is 37.3 Å². The number of carbonyl (C=O) groups is 1. The Balaban J connectivity index is 1.74. The molecule has 4 rings (SSSR count). The number of hydrogen-bond donors (Lipinski definition) is 2. The highest BCUT2D eigenvalue weighted by Crippen LogP contribution is 2.39. The molecule has 35 heavy (non-hydrogen) atoms. The fourth-order valence-corrected chi connectivity index (χ4v) is 3.51. The van der Waals surface area contributed by atoms with Gasteiger partial charge in [-0.15, -0.1) is 0 Å². The number of hydrogen-bond acceptors (Lipinski definition) is 6. The van der Waals surface area contributed by atoms with E-state index in [1.54, 1.807) is 6.07 Å². The number of pyridine rings is 1. The van der Waals surface area contributed by atoms with Gasteiger partial charge in [0.1, 0.15) is 18.2 Å². The van der Waals surface area contributed by atoms with E-state index in [0.29, 0.717) is 22.4 Å². The molecule has 3 N–H and O–H groups in total. The van der Waals surface area contributed by atoms with E-state index in [1.807, 2.05) is 0 Å². The lowest BCUT2D eigenvalue weighted by Gasteiger charge is -2.15. The first kappa shape index (κ1) is 23.8. The molecule has 1 aromatic heterocycles. The second kappa shape index (κ2) is 9.90. The molecule has 0 aliphatic heterocycles. The van der Waals surface area contributed by atoms with Crippen molar-refractivity contribution >= 4 is 16.8 Å². The smallest absolute Gasteiger partial charge is 0.251 e. The maximum absolute atomic E-state index is 15.0. The Labute approximate surface area is 197 Å². The van der Waals surface area contributed by atoms with Crippen LogP contribution in [0.4, 0.5) is 13.2 Å². The number of primary amides is 1. The summed E-state index contributed by atoms with van der Waals surface area (Å²) in [5.74, 6) is -4.20. The van der Waals surface area contributed by atoms with Crippen LogP contribution in [0.25, 0.3) is 22.0 Å². The molecule has 0 aliphatic rings. The molecule has 0 atom stereocenters. The van der Waals surface area contributed by atoms with E-state index >= 15 is 0 Å². The van der Waals surface area contributed by atoms with Crippen molar-refractivity contribution in [1.82, 2.24) is 4.98 Å². The maximum Gasteiger partial charge on any atom is 0.251 e. The predicted molar refractivity (Wildman–Crippen MR) is 121 cm³/mol. The van der Waals surface area contributed by atoms with Gasteiger partial charge in [-0.05, 0) is 35.9 Å². The monoisotopic (exact) mass is 484 g/mol. The number of aliphatic hydroxyl groups excluding tert-OH is 1. The SMILES string of the molecule is COc1cc2c(Oc3c(F)cc(-c4cccc(C(N)=O)c4F)cc3F)ccnc2cc1OCCO. The zero-order valence-electron chi connectivity index (χ0n) is 18.3. The van der Waals surface area contributed by atoms with Crippen LogP contribution in [0.15, 0.2) is 54.7 Å². The third kappa shape index (κ3) is 4.69. The number of aromatic nitrogens is 1. The molecule has 1 amide bonds. The zero-order chi connectivity index (χ0) is 25.1. The average Bonchev–Trinajstić information content (AvgIpc) is 2.84. The highest BCUT2D eigenvalue weighted by molar-refractivity contribution is 5.94. The molecule has 10 heteroatoms. The molecule has 1 heterocycles. The molecule has 0 aliphatic carbocycles. The first-order valence-corrected chi connectivity index (χ1v) is 10.3. The normalized spacial score (nSPS) is 10.9. The summed E-state index contributed by atoms with van der Waals surface area (Å²) in [6, 6.07) is 10.1. The Morgan fingerprint density at radius 1 is 1.03 bits per heavy atom. The van der Waals surface area contributed by atoms with Crippen molar-refractivity contribution in [3.63, 3.8) is 0 Å². The van der Waals surface area contributed by atoms with Gasteiger partial charge in [-0.2, -0.15) is 0 Å². The Morgan fingerprint density at radius 3 is 2.43 bits per heavy atom. The van der Waals surface area contributed by atoms with Crippen molar-refractivity contribution in [2.75, 3.05) is 20.3 Å². The fraction of sp³-hybridized carbons (Fsp3) is 0.120. The minimum atomic E-state index is -1.09. The van der Waals surface area contributed by atoms with Gasteiger partial charge in [-0.1, -0.05) is 12.1 Å². The lowest BCUT2D eigenvalue weighted by Crippen LogP contribution is -2.13. The summed E-state index contributed by atoms with van der Waals surface area (Å²) in [4.78, 5) is 15.6. The molecular weight excluding hydrogens is 465 g/mol. The number of methoxy groups -OCH3 is 1. The number of halogens is 3. The van der Waals surface area contributed by atoms with Crippen LogP contribution in [-0.4, -0.2) is 36.3 Å². The van der Waals surface area contributed by atoms with E-state index in [2.05, 4.69) is 4.98 Å². The van der Waals surface area contributed by atoms with Gasteiger partial charge in [-0.25, -0.2) is 13.2 Å². The zero-order valence-corrected chi connectivity index (χ0v) is 18.3. The summed E-state index contributed by atoms with van der Waals surface area (Å²) in [5, 5.41) is 9.37. The number of amides is 1. The Bertz CT molecular complexity index is 1410. The minimum Gasteiger partial charge on any atom is -0.493 e. The van der Waals surface area contributed by atoms with E-state index in [4.69, 9.17) is 25.1 Å². The molecule has 0 spiro atoms. The highest BCUT2D eigenvalue weighted by atomic mass is 19.1. The van der Waals surface area contributed by atoms with Gasteiger partial charge < -0.3 is 25.1 Å². The fourth-order valence-electron chi connectivity index (χ4n) is 3.51. The lowest BCUT2D eigenvalue weighted by atomic mass is 10.0. The van der Waals surface area contributed by atoms with E-state index in [1.165, 1.54) is 43.6 Å². The number of aliphatic hydroxyl groups is 1. The summed E-state index contributed by atoms with van der Waals surface area (Å²) in [6.07, 6.45) is 1.38. The number of carbonyl (C=O) groups excluding carboxylic acids is 1. The molecule has 0 saturated carbocycles. The number of nitrogens with zero attached hydrogens (tertiary/aromatic N) is 1. The second-order valence-electron chi connectivity index (χ2n) is 7.30. The summed E-state index contributed by atoms with van der Waals surface area (Å²) >= 11 is 0. The summed E-state index contributed by atoms with van der Waals surface area (Å²) in [7, 11) is 1.41. The highest BCUT2D eigenvalue weighted by Gasteiger charge is 2.20. The number of ether oxygens (including phenoxy) is 3. The predicted octanol–water partition coefficient (Wildman–Crippen LogP) is 4.59. The van der Waals surface area contributed by atoms with Crippen LogP contribution in [0.3, 0.4) is 0 Å². The van der Waals surface area contributed by atoms with Crippen molar-refractivity contribution in [2.24, 2.45) is 5.73 Å². The van der Waals surface area contributed by atoms with Gasteiger partial charge in [0.25, 0.3) is 5.91 Å². The quantitative estimate of drug-likeness (QED) is 0.379. The van der Waals surface area contributed by atoms with Crippen molar-refractivity contribution in [3.05, 3.63) is 77.7 Å². The largest absolute Gasteiger partial charge is 0.493 e. The maximum atomic E-state index is 15.0. The van der Waals surface area contributed by atoms with Crippen molar-refractivity contribution in [1.29, 1.82) is 0 Å². The van der Waals surface area contributed by atoms with E-state index in [-0.39, 0.29) is 30.1 Å². The van der Waals surface area contributed by atoms with E-state index < -0.39 is 34.7 Å². The van der Waals surface area contributed by atoms with Gasteiger partial charge >= 0.3 is 0 Å². The summed E-state index contributed by atoms with van der Waals surface area (Å²) in [5.41, 5.74) is 4.81. The molecule has 4 aromatic rings. The lowest BCUT2D eigenvalue weighted by molar-refractivity contribution is 0.0996. The molecule has 0 saturated heterocycles. The first-order valence-electron chi connectivity index (χ1n) is 10.3. The number of benzene rings is 3. The molecule has 180 valence electrons. The third-order valence-corrected chi connectivity index (χ3v) is 5.12. The molecule has 3 aromatic carbocycles. The summed E-state index contributed by atoms with van der Waals surface area (Å²) < 4.78 is 60.9. The van der Waals surface area contributed by atoms with Crippen LogP contribution in [0.1, 0.15) is 10.4 Å². The standard InChI is InChI=1S/C25H19F3N2O5/c1-33-21-11-16-19(12-22(21)34-8-7-31)30-6-5-20(16)35-24-17(26)9-13(10-18(24)27)14-3-2-4-15(23(14)28)25(29)32/h2-6,9-12,31H,7-8H2,1H3,(H2,29,32). The van der Waals surface area contributed by atoms with Crippen LogP contribution >= 0.6 is 0 Å². The molecule has 0 fully saturated rings. The van der Waals surface area contributed by atoms with Crippen LogP contribution in [0, 0.1) is 17.5 Å². The van der Waals surface area contributed by atoms with Gasteiger partial charge in [0.05, 0.1) is 24.8 Å². The van der Waals surface area contributed by atoms with E-state index in [0.717, 1.165) is 12.1 Å². The third-order valence-electron chi connectivity index (χ3n) is 5.12. The summed E-state index contributed by atoms with van der Waals surface area (Å²) in [6.45, 7) is -0.174. The topological polar surface area (TPSA) is 104 Å². The molecule has 0 bridgehead atoms. The van der Waals surface area contributed by atoms with Crippen LogP contribution in [0.2, 0.25) is 0 Å². The Kier molecular flexibility index (Phi) is 6.74. The van der Waals surface area contributed by atoms with Gasteiger partial charge in [0.15, 0.2) is 28.9 Å². The average molecular weight is 484 g/mol. The molecule has 0 radical (unpaired) electrons. The van der Waals surface area contributed by atoms with Gasteiger partial charge in [0.2, 0.25) is 0 Å². The second-order valence-corrected chi connectivity index (χ2v) is 7.30. The Hall–Kier alpha value is -4.31. The molecule has 0 unspecified atom stereocenters. The van der Waals surface area contributed by atoms with Crippen molar-refractivity contribution in [3.8, 4) is 34.1 Å². The minimum absolute atomic E-state index is 0.0315. The number of rotatable bonds is 8. The van der Waals surface area contributed by atoms with Gasteiger partial charge in [-0.3, -0.25) is 9.78 Å². The molecule has 7 nitrogen and oxygen atoms in total. The van der Waals surface area contributed by atoms with Crippen molar-refractivity contribution in [2.45, 2.75) is 0 Å². The van der Waals surface area contributed by atoms with E-state index in [9.17, 15) is 18.0 Å². The van der Waals surface area contributed by atoms with Crippen LogP contribution < -0.4 is 19.9 Å². The Morgan fingerprint density at radius 2 is 1.77 bits per heavy atom. The number of nitrogens with two attached hydrogens (primary N) is 1. The van der Waals surface area contributed by atoms with Gasteiger partial charge in [0, 0.05) is 23.2 Å².